The molecule has 4 rings (SSSR count). The van der Waals surface area contributed by atoms with E-state index in [1.807, 2.05) is 44.2 Å². The van der Waals surface area contributed by atoms with Crippen molar-refractivity contribution in [3.05, 3.63) is 75.2 Å². The van der Waals surface area contributed by atoms with Crippen LogP contribution in [0.3, 0.4) is 0 Å². The van der Waals surface area contributed by atoms with Gasteiger partial charge in [-0.3, -0.25) is 19.0 Å². The molecule has 31 heavy (non-hydrogen) atoms. The quantitative estimate of drug-likeness (QED) is 0.721. The Morgan fingerprint density at radius 2 is 1.87 bits per heavy atom. The second kappa shape index (κ2) is 8.66. The highest BCUT2D eigenvalue weighted by atomic mass is 16.2. The van der Waals surface area contributed by atoms with Crippen LogP contribution in [0.2, 0.25) is 0 Å². The number of nitrogens with one attached hydrogen (secondary N) is 1. The van der Waals surface area contributed by atoms with E-state index >= 15 is 0 Å². The number of ketones is 1. The van der Waals surface area contributed by atoms with Crippen LogP contribution in [-0.2, 0) is 6.42 Å². The van der Waals surface area contributed by atoms with Crippen LogP contribution in [0.4, 0.5) is 0 Å². The molecule has 2 aliphatic carbocycles. The van der Waals surface area contributed by atoms with E-state index in [1.165, 1.54) is 24.5 Å². The fourth-order valence-electron chi connectivity index (χ4n) is 4.69. The number of allylic oxidation sites excluding steroid dienone is 1. The molecule has 2 aliphatic rings. The molecule has 0 saturated carbocycles. The molecule has 0 saturated heterocycles. The number of Topliss-reactive ketones (excluding diaryl/α,β-unsaturated/α-hetero) is 1. The Bertz CT molecular complexity index is 1090. The zero-order valence-corrected chi connectivity index (χ0v) is 18.4. The number of pyridine rings is 1. The van der Waals surface area contributed by atoms with Crippen LogP contribution < -0.4 is 10.9 Å². The third-order valence-electron chi connectivity index (χ3n) is 6.26. The van der Waals surface area contributed by atoms with Gasteiger partial charge in [0.25, 0.3) is 11.5 Å². The standard InChI is InChI=1S/C26H30N2O3/c1-26(2)16-22-20(23(29)17-26)15-21(25(31)28(22)19-11-7-4-8-12-19)24(30)27-14-13-18-9-5-3-6-10-18/h4,7-9,11-12,15H,3,5-6,10,13-14,16-17H2,1-2H3,(H,27,30). The van der Waals surface area contributed by atoms with E-state index in [0.717, 1.165) is 19.3 Å². The van der Waals surface area contributed by atoms with Crippen LogP contribution in [0.25, 0.3) is 5.69 Å². The first kappa shape index (κ1) is 21.3. The predicted molar refractivity (Wildman–Crippen MR) is 122 cm³/mol. The summed E-state index contributed by atoms with van der Waals surface area (Å²) in [7, 11) is 0. The van der Waals surface area contributed by atoms with Crippen molar-refractivity contribution in [3.8, 4) is 5.69 Å². The molecule has 1 amide bonds. The lowest BCUT2D eigenvalue weighted by Gasteiger charge is -2.32. The maximum Gasteiger partial charge on any atom is 0.268 e. The number of carbonyl (C=O) groups is 2. The molecule has 1 aromatic heterocycles. The number of hydrogen-bond acceptors (Lipinski definition) is 3. The van der Waals surface area contributed by atoms with Crippen LogP contribution in [0.1, 0.15) is 78.8 Å². The van der Waals surface area contributed by atoms with Crippen LogP contribution in [0, 0.1) is 5.41 Å². The van der Waals surface area contributed by atoms with Gasteiger partial charge in [0, 0.05) is 29.9 Å². The van der Waals surface area contributed by atoms with Crippen LogP contribution >= 0.6 is 0 Å². The summed E-state index contributed by atoms with van der Waals surface area (Å²) >= 11 is 0. The third kappa shape index (κ3) is 4.55. The minimum Gasteiger partial charge on any atom is -0.352 e. The van der Waals surface area contributed by atoms with Crippen molar-refractivity contribution in [1.29, 1.82) is 0 Å². The second-order valence-electron chi connectivity index (χ2n) is 9.45. The predicted octanol–water partition coefficient (Wildman–Crippen LogP) is 4.61. The number of hydrogen-bond donors (Lipinski definition) is 1. The maximum atomic E-state index is 13.4. The first-order valence-electron chi connectivity index (χ1n) is 11.2. The second-order valence-corrected chi connectivity index (χ2v) is 9.45. The summed E-state index contributed by atoms with van der Waals surface area (Å²) in [5.41, 5.74) is 2.67. The molecule has 5 nitrogen and oxygen atoms in total. The van der Waals surface area contributed by atoms with Gasteiger partial charge in [-0.1, -0.05) is 43.7 Å². The van der Waals surface area contributed by atoms with E-state index in [9.17, 15) is 14.4 Å². The molecule has 0 radical (unpaired) electrons. The summed E-state index contributed by atoms with van der Waals surface area (Å²) in [4.78, 5) is 39.3. The monoisotopic (exact) mass is 418 g/mol. The smallest absolute Gasteiger partial charge is 0.268 e. The molecule has 0 aliphatic heterocycles. The van der Waals surface area contributed by atoms with Crippen LogP contribution in [0.5, 0.6) is 0 Å². The van der Waals surface area contributed by atoms with Gasteiger partial charge in [0.1, 0.15) is 5.56 Å². The minimum absolute atomic E-state index is 0.0163. The Hall–Kier alpha value is -2.95. The van der Waals surface area contributed by atoms with Crippen molar-refractivity contribution in [1.82, 2.24) is 9.88 Å². The average molecular weight is 419 g/mol. The highest BCUT2D eigenvalue weighted by Gasteiger charge is 2.35. The van der Waals surface area contributed by atoms with Crippen molar-refractivity contribution in [2.45, 2.75) is 58.8 Å². The fraction of sp³-hybridized carbons (Fsp3) is 0.423. The largest absolute Gasteiger partial charge is 0.352 e. The van der Waals surface area contributed by atoms with Gasteiger partial charge >= 0.3 is 0 Å². The topological polar surface area (TPSA) is 68.2 Å². The molecular formula is C26H30N2O3. The number of rotatable bonds is 5. The van der Waals surface area contributed by atoms with Crippen molar-refractivity contribution in [2.75, 3.05) is 6.54 Å². The SMILES string of the molecule is CC1(C)CC(=O)c2cc(C(=O)NCCC3=CCCCC3)c(=O)n(-c3ccccc3)c2C1. The molecule has 5 heteroatoms. The lowest BCUT2D eigenvalue weighted by molar-refractivity contribution is 0.0908. The number of aromatic nitrogens is 1. The average Bonchev–Trinajstić information content (AvgIpc) is 2.74. The Labute approximate surface area is 183 Å². The molecular weight excluding hydrogens is 388 g/mol. The molecule has 0 bridgehead atoms. The maximum absolute atomic E-state index is 13.4. The van der Waals surface area contributed by atoms with Crippen molar-refractivity contribution in [3.63, 3.8) is 0 Å². The van der Waals surface area contributed by atoms with Crippen LogP contribution in [-0.4, -0.2) is 22.8 Å². The van der Waals surface area contributed by atoms with Crippen molar-refractivity contribution >= 4 is 11.7 Å². The molecule has 0 spiro atoms. The Balaban J connectivity index is 1.70. The first-order valence-corrected chi connectivity index (χ1v) is 11.2. The van der Waals surface area contributed by atoms with Crippen LogP contribution in [0.15, 0.2) is 52.8 Å². The van der Waals surface area contributed by atoms with E-state index in [4.69, 9.17) is 0 Å². The number of carbonyl (C=O) groups excluding carboxylic acids is 2. The van der Waals surface area contributed by atoms with Gasteiger partial charge in [-0.05, 0) is 62.1 Å². The number of amides is 1. The minimum atomic E-state index is -0.411. The van der Waals surface area contributed by atoms with Crippen molar-refractivity contribution in [2.24, 2.45) is 5.41 Å². The summed E-state index contributed by atoms with van der Waals surface area (Å²) in [6.07, 6.45) is 8.69. The zero-order valence-electron chi connectivity index (χ0n) is 18.4. The Kier molecular flexibility index (Phi) is 5.94. The summed E-state index contributed by atoms with van der Waals surface area (Å²) in [6.45, 7) is 4.57. The van der Waals surface area contributed by atoms with E-state index in [1.54, 1.807) is 4.57 Å². The van der Waals surface area contributed by atoms with E-state index in [2.05, 4.69) is 11.4 Å². The molecule has 0 fully saturated rings. The van der Waals surface area contributed by atoms with Gasteiger partial charge in [-0.25, -0.2) is 0 Å². The molecule has 0 unspecified atom stereocenters. The molecule has 1 aromatic carbocycles. The number of fused-ring (bicyclic) bond motifs is 1. The van der Waals surface area contributed by atoms with Gasteiger partial charge in [0.05, 0.1) is 0 Å². The lowest BCUT2D eigenvalue weighted by atomic mass is 9.75. The molecule has 1 N–H and O–H groups in total. The van der Waals surface area contributed by atoms with E-state index in [0.29, 0.717) is 36.3 Å². The molecule has 0 atom stereocenters. The normalized spacial score (nSPS) is 17.6. The zero-order chi connectivity index (χ0) is 22.0. The van der Waals surface area contributed by atoms with Gasteiger partial charge in [-0.15, -0.1) is 0 Å². The van der Waals surface area contributed by atoms with Gasteiger partial charge in [-0.2, -0.15) is 0 Å². The van der Waals surface area contributed by atoms with Gasteiger partial charge in [0.15, 0.2) is 5.78 Å². The molecule has 2 aromatic rings. The summed E-state index contributed by atoms with van der Waals surface area (Å²) in [5, 5.41) is 2.90. The van der Waals surface area contributed by atoms with E-state index in [-0.39, 0.29) is 22.3 Å². The highest BCUT2D eigenvalue weighted by Crippen LogP contribution is 2.35. The summed E-state index contributed by atoms with van der Waals surface area (Å²) < 4.78 is 1.56. The van der Waals surface area contributed by atoms with Crippen molar-refractivity contribution < 1.29 is 9.59 Å². The molecule has 162 valence electrons. The Morgan fingerprint density at radius 1 is 1.10 bits per heavy atom. The number of benzene rings is 1. The number of nitrogens with zero attached hydrogens (tertiary/aromatic N) is 1. The summed E-state index contributed by atoms with van der Waals surface area (Å²) in [5.74, 6) is -0.427. The Morgan fingerprint density at radius 3 is 2.58 bits per heavy atom. The third-order valence-corrected chi connectivity index (χ3v) is 6.26. The number of para-hydroxylation sites is 1. The summed E-state index contributed by atoms with van der Waals surface area (Å²) in [6, 6.07) is 10.8. The highest BCUT2D eigenvalue weighted by molar-refractivity contribution is 6.02. The fourth-order valence-corrected chi connectivity index (χ4v) is 4.69. The van der Waals surface area contributed by atoms with Gasteiger partial charge < -0.3 is 5.32 Å². The molecule has 1 heterocycles. The first-order chi connectivity index (χ1) is 14.9. The van der Waals surface area contributed by atoms with Gasteiger partial charge in [0.2, 0.25) is 0 Å². The lowest BCUT2D eigenvalue weighted by Crippen LogP contribution is -2.39. The van der Waals surface area contributed by atoms with E-state index < -0.39 is 5.91 Å².